The number of aliphatic imine (C=N–C) groups is 1. The zero-order valence-corrected chi connectivity index (χ0v) is 16.6. The van der Waals surface area contributed by atoms with Crippen LogP contribution in [0, 0.1) is 0 Å². The number of hydrogen-bond donors (Lipinski definition) is 3. The molecular formula is C15H32N4O3S2. The molecule has 0 amide bonds. The topological polar surface area (TPSA) is 99.7 Å². The molecule has 1 saturated carbocycles. The molecule has 0 radical (unpaired) electrons. The summed E-state index contributed by atoms with van der Waals surface area (Å²) < 4.78 is 36.5. The molecule has 1 rings (SSSR count). The van der Waals surface area contributed by atoms with Crippen LogP contribution in [0.5, 0.6) is 0 Å². The molecule has 0 saturated heterocycles. The summed E-state index contributed by atoms with van der Waals surface area (Å²) in [5.74, 6) is 1.48. The van der Waals surface area contributed by atoms with Crippen molar-refractivity contribution in [1.29, 1.82) is 0 Å². The summed E-state index contributed by atoms with van der Waals surface area (Å²) >= 11 is 0. The highest BCUT2D eigenvalue weighted by atomic mass is 32.2. The molecular weight excluding hydrogens is 348 g/mol. The molecule has 3 N–H and O–H groups in total. The van der Waals surface area contributed by atoms with Crippen molar-refractivity contribution in [3.8, 4) is 0 Å². The van der Waals surface area contributed by atoms with Crippen LogP contribution in [0.4, 0.5) is 0 Å². The van der Waals surface area contributed by atoms with E-state index >= 15 is 0 Å². The molecule has 0 aromatic carbocycles. The Balaban J connectivity index is 2.46. The number of hydrogen-bond acceptors (Lipinski definition) is 4. The molecule has 24 heavy (non-hydrogen) atoms. The first kappa shape index (κ1) is 21.4. The second-order valence-electron chi connectivity index (χ2n) is 6.08. The Kier molecular flexibility index (Phi) is 9.84. The molecule has 1 aliphatic rings. The van der Waals surface area contributed by atoms with Gasteiger partial charge in [-0.05, 0) is 32.6 Å². The van der Waals surface area contributed by atoms with Crippen LogP contribution >= 0.6 is 0 Å². The Morgan fingerprint density at radius 2 is 2.04 bits per heavy atom. The maximum absolute atomic E-state index is 12.0. The van der Waals surface area contributed by atoms with Gasteiger partial charge in [-0.3, -0.25) is 9.20 Å². The zero-order valence-electron chi connectivity index (χ0n) is 15.0. The van der Waals surface area contributed by atoms with E-state index in [-0.39, 0.29) is 5.25 Å². The Morgan fingerprint density at radius 1 is 1.29 bits per heavy atom. The first-order chi connectivity index (χ1) is 11.4. The highest BCUT2D eigenvalue weighted by Crippen LogP contribution is 2.22. The van der Waals surface area contributed by atoms with Crippen LogP contribution in [0.3, 0.4) is 0 Å². The van der Waals surface area contributed by atoms with Crippen molar-refractivity contribution in [2.24, 2.45) is 4.99 Å². The molecule has 0 aliphatic heterocycles. The molecule has 0 heterocycles. The minimum Gasteiger partial charge on any atom is -0.357 e. The highest BCUT2D eigenvalue weighted by Gasteiger charge is 2.25. The third-order valence-electron chi connectivity index (χ3n) is 3.94. The van der Waals surface area contributed by atoms with Crippen molar-refractivity contribution in [2.45, 2.75) is 57.2 Å². The largest absolute Gasteiger partial charge is 0.357 e. The maximum atomic E-state index is 12.0. The van der Waals surface area contributed by atoms with Gasteiger partial charge in [0.15, 0.2) is 5.96 Å². The summed E-state index contributed by atoms with van der Waals surface area (Å²) in [6.45, 7) is 5.70. The van der Waals surface area contributed by atoms with Crippen molar-refractivity contribution in [1.82, 2.24) is 15.4 Å². The lowest BCUT2D eigenvalue weighted by molar-refractivity contribution is 0.413. The number of guanidine groups is 1. The number of nitrogens with one attached hydrogen (secondary N) is 3. The molecule has 0 aromatic rings. The lowest BCUT2D eigenvalue weighted by Gasteiger charge is -2.30. The van der Waals surface area contributed by atoms with Crippen molar-refractivity contribution >= 4 is 26.8 Å². The predicted molar refractivity (Wildman–Crippen MR) is 101 cm³/mol. The average molecular weight is 381 g/mol. The minimum atomic E-state index is -3.13. The Hall–Kier alpha value is -0.670. The van der Waals surface area contributed by atoms with E-state index in [1.807, 2.05) is 13.8 Å². The Morgan fingerprint density at radius 3 is 2.67 bits per heavy atom. The average Bonchev–Trinajstić information content (AvgIpc) is 2.53. The van der Waals surface area contributed by atoms with Gasteiger partial charge >= 0.3 is 0 Å². The fourth-order valence-corrected chi connectivity index (χ4v) is 4.65. The van der Waals surface area contributed by atoms with Crippen LogP contribution in [-0.4, -0.2) is 61.5 Å². The van der Waals surface area contributed by atoms with Crippen LogP contribution in [-0.2, 0) is 20.8 Å². The number of nitrogens with zero attached hydrogens (tertiary/aromatic N) is 1. The van der Waals surface area contributed by atoms with Crippen molar-refractivity contribution < 1.29 is 12.6 Å². The standard InChI is InChI=1S/C15H32N4O3S2/c1-4-16-15(17-10-7-11-18-24(3,21)22)19-13-8-6-9-14(12-13)23(20)5-2/h13-14,18H,4-12H2,1-3H3,(H2,16,17,19). The van der Waals surface area contributed by atoms with Gasteiger partial charge in [-0.2, -0.15) is 0 Å². The fraction of sp³-hybridized carbons (Fsp3) is 0.933. The van der Waals surface area contributed by atoms with E-state index in [1.165, 1.54) is 0 Å². The van der Waals surface area contributed by atoms with Gasteiger partial charge in [-0.15, -0.1) is 0 Å². The summed E-state index contributed by atoms with van der Waals surface area (Å²) in [5, 5.41) is 6.94. The number of sulfonamides is 1. The van der Waals surface area contributed by atoms with Gasteiger partial charge in [0.1, 0.15) is 0 Å². The van der Waals surface area contributed by atoms with Gasteiger partial charge in [-0.1, -0.05) is 13.3 Å². The summed E-state index contributed by atoms with van der Waals surface area (Å²) in [6, 6.07) is 0.297. The third-order valence-corrected chi connectivity index (χ3v) is 6.41. The zero-order chi connectivity index (χ0) is 18.0. The van der Waals surface area contributed by atoms with Crippen molar-refractivity contribution in [3.63, 3.8) is 0 Å². The molecule has 1 fully saturated rings. The second-order valence-corrected chi connectivity index (χ2v) is 9.92. The number of rotatable bonds is 9. The van der Waals surface area contributed by atoms with E-state index in [4.69, 9.17) is 0 Å². The van der Waals surface area contributed by atoms with Gasteiger partial charge < -0.3 is 10.6 Å². The van der Waals surface area contributed by atoms with Gasteiger partial charge in [0.2, 0.25) is 10.0 Å². The van der Waals surface area contributed by atoms with E-state index in [2.05, 4.69) is 20.3 Å². The molecule has 7 nitrogen and oxygen atoms in total. The second kappa shape index (κ2) is 11.0. The molecule has 142 valence electrons. The smallest absolute Gasteiger partial charge is 0.208 e. The van der Waals surface area contributed by atoms with E-state index in [0.29, 0.717) is 25.6 Å². The quantitative estimate of drug-likeness (QED) is 0.308. The first-order valence-electron chi connectivity index (χ1n) is 8.72. The normalized spacial score (nSPS) is 23.7. The van der Waals surface area contributed by atoms with E-state index in [9.17, 15) is 12.6 Å². The van der Waals surface area contributed by atoms with Crippen LogP contribution in [0.2, 0.25) is 0 Å². The molecule has 0 bridgehead atoms. The van der Waals surface area contributed by atoms with Gasteiger partial charge in [0, 0.05) is 47.5 Å². The van der Waals surface area contributed by atoms with E-state index < -0.39 is 20.8 Å². The van der Waals surface area contributed by atoms with Crippen molar-refractivity contribution in [3.05, 3.63) is 0 Å². The summed E-state index contributed by atoms with van der Waals surface area (Å²) in [6.07, 6.45) is 5.92. The van der Waals surface area contributed by atoms with E-state index in [1.54, 1.807) is 0 Å². The molecule has 1 aliphatic carbocycles. The van der Waals surface area contributed by atoms with Crippen LogP contribution in [0.15, 0.2) is 4.99 Å². The summed E-state index contributed by atoms with van der Waals surface area (Å²) in [7, 11) is -3.87. The lowest BCUT2D eigenvalue weighted by Crippen LogP contribution is -2.46. The molecule has 9 heteroatoms. The van der Waals surface area contributed by atoms with Gasteiger partial charge in [0.25, 0.3) is 0 Å². The minimum absolute atomic E-state index is 0.281. The SMILES string of the molecule is CCNC(=NCCCNS(C)(=O)=O)NC1CCCC(S(=O)CC)C1. The molecule has 3 unspecified atom stereocenters. The Bertz CT molecular complexity index is 523. The van der Waals surface area contributed by atoms with E-state index in [0.717, 1.165) is 50.2 Å². The molecule has 3 atom stereocenters. The summed E-state index contributed by atoms with van der Waals surface area (Å²) in [4.78, 5) is 4.50. The third kappa shape index (κ3) is 8.98. The molecule has 0 spiro atoms. The lowest BCUT2D eigenvalue weighted by atomic mass is 9.95. The van der Waals surface area contributed by atoms with Crippen LogP contribution < -0.4 is 15.4 Å². The maximum Gasteiger partial charge on any atom is 0.208 e. The molecule has 0 aromatic heterocycles. The summed E-state index contributed by atoms with van der Waals surface area (Å²) in [5.41, 5.74) is 0. The van der Waals surface area contributed by atoms with Gasteiger partial charge in [0.05, 0.1) is 6.26 Å². The van der Waals surface area contributed by atoms with Crippen LogP contribution in [0.25, 0.3) is 0 Å². The Labute approximate surface area is 149 Å². The first-order valence-corrected chi connectivity index (χ1v) is 12.0. The highest BCUT2D eigenvalue weighted by molar-refractivity contribution is 7.88. The monoisotopic (exact) mass is 380 g/mol. The fourth-order valence-electron chi connectivity index (χ4n) is 2.79. The van der Waals surface area contributed by atoms with Gasteiger partial charge in [-0.25, -0.2) is 13.1 Å². The predicted octanol–water partition coefficient (Wildman–Crippen LogP) is 0.561. The van der Waals surface area contributed by atoms with Crippen molar-refractivity contribution in [2.75, 3.05) is 31.6 Å². The van der Waals surface area contributed by atoms with Crippen LogP contribution in [0.1, 0.15) is 46.0 Å².